The van der Waals surface area contributed by atoms with Crippen molar-refractivity contribution in [1.29, 1.82) is 0 Å². The third-order valence-corrected chi connectivity index (χ3v) is 3.28. The molecule has 0 unspecified atom stereocenters. The number of anilines is 1. The summed E-state index contributed by atoms with van der Waals surface area (Å²) < 4.78 is 10.5. The molecular formula is C17H18N2O4. The van der Waals surface area contributed by atoms with Gasteiger partial charge in [0.05, 0.1) is 31.2 Å². The lowest BCUT2D eigenvalue weighted by Crippen LogP contribution is -2.03. The van der Waals surface area contributed by atoms with Crippen molar-refractivity contribution < 1.29 is 19.4 Å². The molecule has 0 atom stereocenters. The van der Waals surface area contributed by atoms with E-state index in [-0.39, 0.29) is 5.56 Å². The Kier molecular flexibility index (Phi) is 5.19. The number of ether oxygens (including phenoxy) is 2. The van der Waals surface area contributed by atoms with E-state index in [2.05, 4.69) is 10.5 Å². The van der Waals surface area contributed by atoms with Crippen molar-refractivity contribution in [2.75, 3.05) is 19.6 Å². The second kappa shape index (κ2) is 7.31. The Balaban J connectivity index is 2.20. The number of hydrogen-bond donors (Lipinski definition) is 2. The molecular weight excluding hydrogens is 296 g/mol. The van der Waals surface area contributed by atoms with Crippen LogP contribution in [0.25, 0.3) is 0 Å². The lowest BCUT2D eigenvalue weighted by molar-refractivity contribution is 0.0697. The molecule has 0 saturated heterocycles. The number of carboxylic acid groups (broad SMARTS) is 1. The molecule has 23 heavy (non-hydrogen) atoms. The molecule has 0 spiro atoms. The first-order valence-electron chi connectivity index (χ1n) is 6.91. The molecule has 0 aromatic heterocycles. The summed E-state index contributed by atoms with van der Waals surface area (Å²) in [4.78, 5) is 10.8. The zero-order valence-electron chi connectivity index (χ0n) is 13.2. The number of aromatic carboxylic acids is 1. The van der Waals surface area contributed by atoms with E-state index in [1.807, 2.05) is 25.1 Å². The summed E-state index contributed by atoms with van der Waals surface area (Å²) in [5.41, 5.74) is 5.33. The molecule has 0 radical (unpaired) electrons. The Morgan fingerprint density at radius 3 is 2.35 bits per heavy atom. The van der Waals surface area contributed by atoms with Crippen LogP contribution in [-0.4, -0.2) is 31.0 Å². The van der Waals surface area contributed by atoms with Crippen LogP contribution < -0.4 is 14.9 Å². The fourth-order valence-corrected chi connectivity index (χ4v) is 1.99. The molecule has 2 rings (SSSR count). The largest absolute Gasteiger partial charge is 0.497 e. The molecule has 0 bridgehead atoms. The van der Waals surface area contributed by atoms with Crippen LogP contribution in [0.1, 0.15) is 22.8 Å². The molecule has 0 aliphatic rings. The summed E-state index contributed by atoms with van der Waals surface area (Å²) >= 11 is 0. The van der Waals surface area contributed by atoms with E-state index in [1.165, 1.54) is 12.1 Å². The monoisotopic (exact) mass is 314 g/mol. The highest BCUT2D eigenvalue weighted by molar-refractivity contribution is 6.01. The number of hydrogen-bond acceptors (Lipinski definition) is 5. The third-order valence-electron chi connectivity index (χ3n) is 3.28. The summed E-state index contributed by atoms with van der Waals surface area (Å²) in [6.07, 6.45) is 0. The van der Waals surface area contributed by atoms with E-state index in [0.29, 0.717) is 22.9 Å². The van der Waals surface area contributed by atoms with E-state index in [4.69, 9.17) is 14.6 Å². The van der Waals surface area contributed by atoms with Crippen molar-refractivity contribution in [2.24, 2.45) is 5.10 Å². The molecule has 0 amide bonds. The SMILES string of the molecule is COc1ccc(OC)c(/C(C)=N\Nc2ccc(C(=O)O)cc2)c1. The van der Waals surface area contributed by atoms with Crippen molar-refractivity contribution in [1.82, 2.24) is 0 Å². The highest BCUT2D eigenvalue weighted by atomic mass is 16.5. The molecule has 0 aliphatic carbocycles. The van der Waals surface area contributed by atoms with E-state index in [0.717, 1.165) is 5.56 Å². The fraction of sp³-hybridized carbons (Fsp3) is 0.176. The van der Waals surface area contributed by atoms with E-state index >= 15 is 0 Å². The van der Waals surface area contributed by atoms with Crippen LogP contribution in [0.4, 0.5) is 5.69 Å². The van der Waals surface area contributed by atoms with Crippen molar-refractivity contribution in [2.45, 2.75) is 6.92 Å². The molecule has 0 aliphatic heterocycles. The minimum atomic E-state index is -0.961. The normalized spacial score (nSPS) is 11.0. The van der Waals surface area contributed by atoms with Gasteiger partial charge in [-0.3, -0.25) is 5.43 Å². The number of benzene rings is 2. The molecule has 2 aromatic rings. The van der Waals surface area contributed by atoms with E-state index < -0.39 is 5.97 Å². The average molecular weight is 314 g/mol. The molecule has 0 heterocycles. The standard InChI is InChI=1S/C17H18N2O4/c1-11(15-10-14(22-2)8-9-16(15)23-3)18-19-13-6-4-12(5-7-13)17(20)21/h4-10,19H,1-3H3,(H,20,21)/b18-11-. The minimum Gasteiger partial charge on any atom is -0.497 e. The smallest absolute Gasteiger partial charge is 0.335 e. The second-order valence-corrected chi connectivity index (χ2v) is 4.76. The van der Waals surface area contributed by atoms with Gasteiger partial charge >= 0.3 is 5.97 Å². The first-order chi connectivity index (χ1) is 11.0. The number of rotatable bonds is 6. The maximum absolute atomic E-state index is 10.8. The van der Waals surface area contributed by atoms with Gasteiger partial charge in [-0.2, -0.15) is 5.10 Å². The predicted octanol–water partition coefficient (Wildman–Crippen LogP) is 3.24. The van der Waals surface area contributed by atoms with Gasteiger partial charge in [-0.25, -0.2) is 4.79 Å². The summed E-state index contributed by atoms with van der Waals surface area (Å²) in [5.74, 6) is 0.439. The topological polar surface area (TPSA) is 80.2 Å². The fourth-order valence-electron chi connectivity index (χ4n) is 1.99. The van der Waals surface area contributed by atoms with Crippen molar-refractivity contribution in [3.8, 4) is 11.5 Å². The van der Waals surface area contributed by atoms with E-state index in [9.17, 15) is 4.79 Å². The number of nitrogens with zero attached hydrogens (tertiary/aromatic N) is 1. The Hall–Kier alpha value is -3.02. The van der Waals surface area contributed by atoms with Crippen LogP contribution in [-0.2, 0) is 0 Å². The first-order valence-corrected chi connectivity index (χ1v) is 6.91. The van der Waals surface area contributed by atoms with Crippen LogP contribution in [0.5, 0.6) is 11.5 Å². The molecule has 2 N–H and O–H groups in total. The molecule has 6 nitrogen and oxygen atoms in total. The molecule has 0 saturated carbocycles. The molecule has 6 heteroatoms. The van der Waals surface area contributed by atoms with Gasteiger partial charge in [0.1, 0.15) is 11.5 Å². The van der Waals surface area contributed by atoms with Gasteiger partial charge in [-0.05, 0) is 49.4 Å². The summed E-state index contributed by atoms with van der Waals surface area (Å²) in [7, 11) is 3.19. The summed E-state index contributed by atoms with van der Waals surface area (Å²) in [5, 5.41) is 13.2. The van der Waals surface area contributed by atoms with Gasteiger partial charge in [0.15, 0.2) is 0 Å². The zero-order valence-corrected chi connectivity index (χ0v) is 13.2. The number of nitrogens with one attached hydrogen (secondary N) is 1. The van der Waals surface area contributed by atoms with Crippen LogP contribution in [0.3, 0.4) is 0 Å². The summed E-state index contributed by atoms with van der Waals surface area (Å²) in [6, 6.07) is 11.8. The summed E-state index contributed by atoms with van der Waals surface area (Å²) in [6.45, 7) is 1.84. The maximum atomic E-state index is 10.8. The highest BCUT2D eigenvalue weighted by Crippen LogP contribution is 2.24. The van der Waals surface area contributed by atoms with Gasteiger partial charge in [0.25, 0.3) is 0 Å². The minimum absolute atomic E-state index is 0.228. The Bertz CT molecular complexity index is 724. The predicted molar refractivity (Wildman–Crippen MR) is 88.8 cm³/mol. The van der Waals surface area contributed by atoms with Gasteiger partial charge in [0.2, 0.25) is 0 Å². The van der Waals surface area contributed by atoms with Gasteiger partial charge < -0.3 is 14.6 Å². The molecule has 0 fully saturated rings. The Morgan fingerprint density at radius 1 is 1.09 bits per heavy atom. The average Bonchev–Trinajstić information content (AvgIpc) is 2.59. The van der Waals surface area contributed by atoms with Crippen LogP contribution in [0.2, 0.25) is 0 Å². The van der Waals surface area contributed by atoms with Gasteiger partial charge in [-0.15, -0.1) is 0 Å². The first kappa shape index (κ1) is 16.4. The lowest BCUT2D eigenvalue weighted by atomic mass is 10.1. The lowest BCUT2D eigenvalue weighted by Gasteiger charge is -2.10. The third kappa shape index (κ3) is 4.00. The maximum Gasteiger partial charge on any atom is 0.335 e. The van der Waals surface area contributed by atoms with Gasteiger partial charge in [-0.1, -0.05) is 0 Å². The van der Waals surface area contributed by atoms with Crippen molar-refractivity contribution in [3.63, 3.8) is 0 Å². The molecule has 120 valence electrons. The number of hydrazone groups is 1. The van der Waals surface area contributed by atoms with Crippen molar-refractivity contribution >= 4 is 17.4 Å². The Morgan fingerprint density at radius 2 is 1.78 bits per heavy atom. The number of methoxy groups -OCH3 is 2. The van der Waals surface area contributed by atoms with Crippen molar-refractivity contribution in [3.05, 3.63) is 53.6 Å². The zero-order chi connectivity index (χ0) is 16.8. The highest BCUT2D eigenvalue weighted by Gasteiger charge is 2.08. The van der Waals surface area contributed by atoms with Crippen LogP contribution >= 0.6 is 0 Å². The van der Waals surface area contributed by atoms with Crippen LogP contribution in [0, 0.1) is 0 Å². The second-order valence-electron chi connectivity index (χ2n) is 4.76. The molecule has 2 aromatic carbocycles. The quantitative estimate of drug-likeness (QED) is 0.632. The number of carboxylic acids is 1. The Labute approximate surface area is 134 Å². The van der Waals surface area contributed by atoms with Crippen LogP contribution in [0.15, 0.2) is 47.6 Å². The van der Waals surface area contributed by atoms with E-state index in [1.54, 1.807) is 26.4 Å². The van der Waals surface area contributed by atoms with Gasteiger partial charge in [0, 0.05) is 5.56 Å². The number of carbonyl (C=O) groups is 1.